The summed E-state index contributed by atoms with van der Waals surface area (Å²) in [6, 6.07) is 1.93. The summed E-state index contributed by atoms with van der Waals surface area (Å²) < 4.78 is 22.1. The van der Waals surface area contributed by atoms with Crippen molar-refractivity contribution in [2.75, 3.05) is 0 Å². The molecule has 1 fully saturated rings. The molecule has 0 aromatic carbocycles. The van der Waals surface area contributed by atoms with Gasteiger partial charge in [0.2, 0.25) is 5.89 Å². The number of hydrogen-bond donors (Lipinski definition) is 0. The van der Waals surface area contributed by atoms with Gasteiger partial charge in [-0.25, -0.2) is 14.4 Å². The minimum absolute atomic E-state index is 0.0823. The second-order valence-corrected chi connectivity index (χ2v) is 6.12. The predicted molar refractivity (Wildman–Crippen MR) is 75.4 cm³/mol. The lowest BCUT2D eigenvalue weighted by Crippen LogP contribution is -2.02. The molecule has 0 radical (unpaired) electrons. The predicted octanol–water partition coefficient (Wildman–Crippen LogP) is 2.89. The Hall–Kier alpha value is -1.83. The number of rotatable bonds is 3. The van der Waals surface area contributed by atoms with E-state index >= 15 is 0 Å². The fourth-order valence-electron chi connectivity index (χ4n) is 2.25. The average molecular weight is 352 g/mol. The third-order valence-electron chi connectivity index (χ3n) is 3.60. The van der Waals surface area contributed by atoms with Gasteiger partial charge in [0.1, 0.15) is 12.4 Å². The van der Waals surface area contributed by atoms with E-state index in [-0.39, 0.29) is 5.89 Å². The molecule has 0 bridgehead atoms. The van der Waals surface area contributed by atoms with E-state index < -0.39 is 5.67 Å². The van der Waals surface area contributed by atoms with Crippen LogP contribution in [-0.2, 0) is 12.2 Å². The van der Waals surface area contributed by atoms with Crippen LogP contribution in [0, 0.1) is 6.92 Å². The molecule has 1 aliphatic rings. The molecule has 0 aliphatic heterocycles. The van der Waals surface area contributed by atoms with Gasteiger partial charge in [-0.15, -0.1) is 10.2 Å². The van der Waals surface area contributed by atoms with Crippen molar-refractivity contribution in [1.82, 2.24) is 24.7 Å². The van der Waals surface area contributed by atoms with Crippen LogP contribution < -0.4 is 0 Å². The van der Waals surface area contributed by atoms with Crippen LogP contribution in [0.5, 0.6) is 0 Å². The minimum atomic E-state index is -1.40. The van der Waals surface area contributed by atoms with Crippen LogP contribution in [0.15, 0.2) is 21.2 Å². The van der Waals surface area contributed by atoms with Gasteiger partial charge >= 0.3 is 0 Å². The molecule has 3 heterocycles. The fourth-order valence-corrected chi connectivity index (χ4v) is 2.57. The first-order valence-electron chi connectivity index (χ1n) is 6.55. The van der Waals surface area contributed by atoms with Crippen LogP contribution in [0.25, 0.3) is 11.2 Å². The Bertz CT molecular complexity index is 838. The van der Waals surface area contributed by atoms with Crippen molar-refractivity contribution in [2.45, 2.75) is 32.0 Å². The standard InChI is InChI=1S/C13H11BrFN5O/c1-7-17-11-9(4-8(14)5-16-11)20(7)6-10-18-19-12(21-10)13(15)2-3-13/h4-5H,2-3,6H2,1H3. The number of nitrogens with zero attached hydrogens (tertiary/aromatic N) is 5. The second-order valence-electron chi connectivity index (χ2n) is 5.21. The summed E-state index contributed by atoms with van der Waals surface area (Å²) >= 11 is 3.40. The zero-order chi connectivity index (χ0) is 14.6. The first-order valence-corrected chi connectivity index (χ1v) is 7.35. The monoisotopic (exact) mass is 351 g/mol. The maximum Gasteiger partial charge on any atom is 0.253 e. The smallest absolute Gasteiger partial charge is 0.253 e. The van der Waals surface area contributed by atoms with Gasteiger partial charge in [-0.2, -0.15) is 0 Å². The molecular formula is C13H11BrFN5O. The van der Waals surface area contributed by atoms with Crippen LogP contribution in [0.2, 0.25) is 0 Å². The van der Waals surface area contributed by atoms with Gasteiger partial charge in [0.25, 0.3) is 5.89 Å². The summed E-state index contributed by atoms with van der Waals surface area (Å²) in [7, 11) is 0. The molecule has 6 nitrogen and oxygen atoms in total. The highest BCUT2D eigenvalue weighted by Crippen LogP contribution is 2.48. The Labute approximate surface area is 127 Å². The van der Waals surface area contributed by atoms with E-state index in [0.717, 1.165) is 15.8 Å². The maximum absolute atomic E-state index is 13.9. The van der Waals surface area contributed by atoms with Gasteiger partial charge in [0.15, 0.2) is 11.3 Å². The number of halogens is 2. The lowest BCUT2D eigenvalue weighted by Gasteiger charge is -2.03. The van der Waals surface area contributed by atoms with E-state index in [2.05, 4.69) is 36.1 Å². The normalized spacial score (nSPS) is 16.5. The van der Waals surface area contributed by atoms with E-state index in [0.29, 0.717) is 30.9 Å². The van der Waals surface area contributed by atoms with Crippen molar-refractivity contribution in [2.24, 2.45) is 0 Å². The Morgan fingerprint density at radius 3 is 3.00 bits per heavy atom. The van der Waals surface area contributed by atoms with E-state index in [1.54, 1.807) is 6.20 Å². The number of hydrogen-bond acceptors (Lipinski definition) is 5. The van der Waals surface area contributed by atoms with Crippen molar-refractivity contribution in [3.63, 3.8) is 0 Å². The zero-order valence-corrected chi connectivity index (χ0v) is 12.8. The van der Waals surface area contributed by atoms with Crippen molar-refractivity contribution >= 4 is 27.1 Å². The first kappa shape index (κ1) is 12.9. The Morgan fingerprint density at radius 2 is 2.24 bits per heavy atom. The SMILES string of the molecule is Cc1nc2ncc(Br)cc2n1Cc1nnc(C2(F)CC2)o1. The number of alkyl halides is 1. The van der Waals surface area contributed by atoms with E-state index in [9.17, 15) is 4.39 Å². The van der Waals surface area contributed by atoms with Gasteiger partial charge in [-0.1, -0.05) is 0 Å². The van der Waals surface area contributed by atoms with Crippen LogP contribution in [0.4, 0.5) is 4.39 Å². The van der Waals surface area contributed by atoms with E-state index in [1.807, 2.05) is 17.6 Å². The summed E-state index contributed by atoms with van der Waals surface area (Å²) in [6.07, 6.45) is 2.61. The third kappa shape index (κ3) is 2.14. The number of aryl methyl sites for hydroxylation is 1. The number of pyridine rings is 1. The fraction of sp³-hybridized carbons (Fsp3) is 0.385. The summed E-state index contributed by atoms with van der Waals surface area (Å²) in [5, 5.41) is 7.74. The molecule has 0 amide bonds. The summed E-state index contributed by atoms with van der Waals surface area (Å²) in [6.45, 7) is 2.23. The van der Waals surface area contributed by atoms with Crippen molar-refractivity contribution in [3.8, 4) is 0 Å². The first-order chi connectivity index (χ1) is 10.0. The molecule has 0 unspecified atom stereocenters. The molecule has 3 aromatic heterocycles. The molecule has 0 N–H and O–H groups in total. The largest absolute Gasteiger partial charge is 0.420 e. The molecule has 8 heteroatoms. The summed E-state index contributed by atoms with van der Waals surface area (Å²) in [5.41, 5.74) is 0.115. The molecule has 0 saturated heterocycles. The van der Waals surface area contributed by atoms with Crippen molar-refractivity contribution in [3.05, 3.63) is 34.3 Å². The summed E-state index contributed by atoms with van der Waals surface area (Å²) in [4.78, 5) is 8.64. The second kappa shape index (κ2) is 4.33. The lowest BCUT2D eigenvalue weighted by molar-refractivity contribution is 0.245. The number of aromatic nitrogens is 5. The zero-order valence-electron chi connectivity index (χ0n) is 11.2. The minimum Gasteiger partial charge on any atom is -0.420 e. The Balaban J connectivity index is 1.72. The third-order valence-corrected chi connectivity index (χ3v) is 4.03. The Morgan fingerprint density at radius 1 is 1.43 bits per heavy atom. The molecule has 0 spiro atoms. The highest BCUT2D eigenvalue weighted by molar-refractivity contribution is 9.10. The van der Waals surface area contributed by atoms with E-state index in [1.165, 1.54) is 0 Å². The van der Waals surface area contributed by atoms with Gasteiger partial charge in [0, 0.05) is 10.7 Å². The highest BCUT2D eigenvalue weighted by Gasteiger charge is 2.50. The molecule has 1 aliphatic carbocycles. The molecule has 3 aromatic rings. The topological polar surface area (TPSA) is 69.6 Å². The lowest BCUT2D eigenvalue weighted by atomic mass is 10.4. The van der Waals surface area contributed by atoms with Crippen LogP contribution in [-0.4, -0.2) is 24.7 Å². The van der Waals surface area contributed by atoms with Gasteiger partial charge < -0.3 is 8.98 Å². The quantitative estimate of drug-likeness (QED) is 0.725. The number of fused-ring (bicyclic) bond motifs is 1. The maximum atomic E-state index is 13.9. The van der Waals surface area contributed by atoms with Crippen molar-refractivity contribution < 1.29 is 8.81 Å². The molecule has 4 rings (SSSR count). The molecular weight excluding hydrogens is 341 g/mol. The van der Waals surface area contributed by atoms with Crippen LogP contribution in [0.1, 0.15) is 30.4 Å². The summed E-state index contributed by atoms with van der Waals surface area (Å²) in [5.74, 6) is 1.24. The molecule has 21 heavy (non-hydrogen) atoms. The van der Waals surface area contributed by atoms with Crippen LogP contribution >= 0.6 is 15.9 Å². The highest BCUT2D eigenvalue weighted by atomic mass is 79.9. The van der Waals surface area contributed by atoms with Gasteiger partial charge in [0.05, 0.1) is 5.52 Å². The van der Waals surface area contributed by atoms with E-state index in [4.69, 9.17) is 4.42 Å². The van der Waals surface area contributed by atoms with Gasteiger partial charge in [-0.3, -0.25) is 0 Å². The molecule has 108 valence electrons. The Kier molecular flexibility index (Phi) is 2.66. The van der Waals surface area contributed by atoms with Gasteiger partial charge in [-0.05, 0) is 41.8 Å². The molecule has 1 saturated carbocycles. The van der Waals surface area contributed by atoms with Crippen molar-refractivity contribution in [1.29, 1.82) is 0 Å². The average Bonchev–Trinajstić information content (AvgIpc) is 2.92. The number of imidazole rings is 1. The van der Waals surface area contributed by atoms with Crippen LogP contribution in [0.3, 0.4) is 0 Å². The molecule has 0 atom stereocenters.